The van der Waals surface area contributed by atoms with Crippen molar-refractivity contribution in [1.29, 1.82) is 0 Å². The van der Waals surface area contributed by atoms with Gasteiger partial charge in [0.25, 0.3) is 0 Å². The highest BCUT2D eigenvalue weighted by molar-refractivity contribution is 9.09. The maximum atomic E-state index is 5.18. The van der Waals surface area contributed by atoms with Gasteiger partial charge in [-0.15, -0.1) is 0 Å². The quantitative estimate of drug-likeness (QED) is 0.507. The first-order chi connectivity index (χ1) is 4.16. The second kappa shape index (κ2) is 5.21. The summed E-state index contributed by atoms with van der Waals surface area (Å²) in [5.41, 5.74) is 0. The average molecular weight is 197 g/mol. The first kappa shape index (κ1) is 9.40. The molecule has 9 heavy (non-hydrogen) atoms. The van der Waals surface area contributed by atoms with Crippen LogP contribution in [0.2, 0.25) is 0 Å². The predicted octanol–water partition coefficient (Wildman–Crippen LogP) is 2.13. The molecule has 2 atom stereocenters. The van der Waals surface area contributed by atoms with Crippen molar-refractivity contribution in [1.82, 2.24) is 0 Å². The molecule has 0 aromatic carbocycles. The normalized spacial score (nSPS) is 17.3. The average Bonchev–Trinajstić information content (AvgIpc) is 1.63. The minimum Gasteiger partial charge on any atom is -0.353 e. The van der Waals surface area contributed by atoms with Gasteiger partial charge in [0, 0.05) is 6.61 Å². The van der Waals surface area contributed by atoms with Crippen LogP contribution in [0.3, 0.4) is 0 Å². The SMILES string of the molecule is CCOC(C)OC(C)Br. The fraction of sp³-hybridized carbons (Fsp3) is 1.00. The van der Waals surface area contributed by atoms with E-state index in [1.807, 2.05) is 20.8 Å². The molecule has 3 heteroatoms. The van der Waals surface area contributed by atoms with Crippen LogP contribution < -0.4 is 0 Å². The molecule has 0 aliphatic heterocycles. The minimum atomic E-state index is -0.107. The smallest absolute Gasteiger partial charge is 0.156 e. The highest BCUT2D eigenvalue weighted by atomic mass is 79.9. The van der Waals surface area contributed by atoms with Crippen molar-refractivity contribution in [2.75, 3.05) is 6.61 Å². The van der Waals surface area contributed by atoms with E-state index in [2.05, 4.69) is 15.9 Å². The molecular formula is C6H13BrO2. The van der Waals surface area contributed by atoms with Gasteiger partial charge in [0.05, 0.1) is 0 Å². The van der Waals surface area contributed by atoms with Crippen molar-refractivity contribution in [2.24, 2.45) is 0 Å². The summed E-state index contributed by atoms with van der Waals surface area (Å²) >= 11 is 3.24. The van der Waals surface area contributed by atoms with Crippen LogP contribution in [0.1, 0.15) is 20.8 Å². The summed E-state index contributed by atoms with van der Waals surface area (Å²) in [5.74, 6) is 0. The van der Waals surface area contributed by atoms with Crippen LogP contribution in [0.5, 0.6) is 0 Å². The number of halogens is 1. The summed E-state index contributed by atoms with van der Waals surface area (Å²) in [4.78, 5) is 0. The van der Waals surface area contributed by atoms with Crippen molar-refractivity contribution < 1.29 is 9.47 Å². The molecule has 56 valence electrons. The molecule has 0 aliphatic carbocycles. The van der Waals surface area contributed by atoms with Gasteiger partial charge in [-0.2, -0.15) is 0 Å². The molecule has 0 bridgehead atoms. The molecule has 0 amide bonds. The van der Waals surface area contributed by atoms with E-state index in [0.717, 1.165) is 0 Å². The Morgan fingerprint density at radius 3 is 2.33 bits per heavy atom. The lowest BCUT2D eigenvalue weighted by atomic mass is 10.7. The molecule has 0 saturated heterocycles. The van der Waals surface area contributed by atoms with Gasteiger partial charge in [-0.25, -0.2) is 0 Å². The largest absolute Gasteiger partial charge is 0.353 e. The van der Waals surface area contributed by atoms with Gasteiger partial charge in [0.1, 0.15) is 5.01 Å². The van der Waals surface area contributed by atoms with Crippen molar-refractivity contribution >= 4 is 15.9 Å². The standard InChI is InChI=1S/C6H13BrO2/c1-4-8-6(3)9-5(2)7/h5-6H,4H2,1-3H3. The Morgan fingerprint density at radius 1 is 1.44 bits per heavy atom. The lowest BCUT2D eigenvalue weighted by Gasteiger charge is -2.13. The molecular weight excluding hydrogens is 184 g/mol. The third kappa shape index (κ3) is 6.28. The molecule has 0 heterocycles. The van der Waals surface area contributed by atoms with E-state index in [0.29, 0.717) is 6.61 Å². The Balaban J connectivity index is 3.15. The maximum absolute atomic E-state index is 5.18. The lowest BCUT2D eigenvalue weighted by molar-refractivity contribution is -0.130. The number of ether oxygens (including phenoxy) is 2. The lowest BCUT2D eigenvalue weighted by Crippen LogP contribution is -2.15. The Morgan fingerprint density at radius 2 is 2.00 bits per heavy atom. The Hall–Kier alpha value is 0.400. The van der Waals surface area contributed by atoms with E-state index in [1.165, 1.54) is 0 Å². The number of hydrogen-bond donors (Lipinski definition) is 0. The van der Waals surface area contributed by atoms with Crippen LogP contribution in [0.25, 0.3) is 0 Å². The number of hydrogen-bond acceptors (Lipinski definition) is 2. The maximum Gasteiger partial charge on any atom is 0.156 e. The molecule has 0 aromatic heterocycles. The first-order valence-corrected chi connectivity index (χ1v) is 3.99. The zero-order valence-corrected chi connectivity index (χ0v) is 7.64. The van der Waals surface area contributed by atoms with Gasteiger partial charge in [-0.05, 0) is 20.8 Å². The molecule has 2 unspecified atom stereocenters. The topological polar surface area (TPSA) is 18.5 Å². The summed E-state index contributed by atoms with van der Waals surface area (Å²) in [6.45, 7) is 6.43. The first-order valence-electron chi connectivity index (χ1n) is 3.08. The van der Waals surface area contributed by atoms with E-state index in [-0.39, 0.29) is 11.3 Å². The Labute approximate surface area is 64.7 Å². The molecule has 2 nitrogen and oxygen atoms in total. The molecule has 0 aliphatic rings. The van der Waals surface area contributed by atoms with Gasteiger partial charge in [0.15, 0.2) is 6.29 Å². The summed E-state index contributed by atoms with van der Waals surface area (Å²) in [5, 5.41) is 0.0686. The zero-order chi connectivity index (χ0) is 7.28. The fourth-order valence-corrected chi connectivity index (χ4v) is 0.842. The van der Waals surface area contributed by atoms with Crippen LogP contribution in [0.15, 0.2) is 0 Å². The molecule has 0 fully saturated rings. The second-order valence-corrected chi connectivity index (χ2v) is 2.99. The van der Waals surface area contributed by atoms with Gasteiger partial charge >= 0.3 is 0 Å². The van der Waals surface area contributed by atoms with Crippen molar-refractivity contribution in [3.05, 3.63) is 0 Å². The van der Waals surface area contributed by atoms with Crippen LogP contribution >= 0.6 is 15.9 Å². The van der Waals surface area contributed by atoms with Crippen LogP contribution in [0, 0.1) is 0 Å². The fourth-order valence-electron chi connectivity index (χ4n) is 0.538. The summed E-state index contributed by atoms with van der Waals surface area (Å²) in [6, 6.07) is 0. The monoisotopic (exact) mass is 196 g/mol. The highest BCUT2D eigenvalue weighted by Crippen LogP contribution is 2.04. The van der Waals surface area contributed by atoms with Crippen LogP contribution in [0.4, 0.5) is 0 Å². The van der Waals surface area contributed by atoms with Crippen LogP contribution in [-0.2, 0) is 9.47 Å². The molecule has 0 aromatic rings. The third-order valence-electron chi connectivity index (χ3n) is 0.781. The van der Waals surface area contributed by atoms with Gasteiger partial charge in [0.2, 0.25) is 0 Å². The zero-order valence-electron chi connectivity index (χ0n) is 6.06. The molecule has 0 rings (SSSR count). The third-order valence-corrected chi connectivity index (χ3v) is 0.996. The Bertz CT molecular complexity index is 66.1. The second-order valence-electron chi connectivity index (χ2n) is 1.70. The van der Waals surface area contributed by atoms with E-state index >= 15 is 0 Å². The van der Waals surface area contributed by atoms with Crippen molar-refractivity contribution in [3.63, 3.8) is 0 Å². The summed E-state index contributed by atoms with van der Waals surface area (Å²) in [6.07, 6.45) is -0.107. The minimum absolute atomic E-state index is 0.0686. The van der Waals surface area contributed by atoms with Crippen molar-refractivity contribution in [3.8, 4) is 0 Å². The molecule has 0 N–H and O–H groups in total. The molecule has 0 saturated carbocycles. The van der Waals surface area contributed by atoms with E-state index in [1.54, 1.807) is 0 Å². The van der Waals surface area contributed by atoms with Gasteiger partial charge < -0.3 is 9.47 Å². The van der Waals surface area contributed by atoms with Crippen LogP contribution in [-0.4, -0.2) is 17.9 Å². The van der Waals surface area contributed by atoms with E-state index in [9.17, 15) is 0 Å². The molecule has 0 radical (unpaired) electrons. The van der Waals surface area contributed by atoms with E-state index < -0.39 is 0 Å². The number of rotatable bonds is 4. The Kier molecular flexibility index (Phi) is 5.44. The highest BCUT2D eigenvalue weighted by Gasteiger charge is 2.02. The molecule has 0 spiro atoms. The number of alkyl halides is 1. The summed E-state index contributed by atoms with van der Waals surface area (Å²) < 4.78 is 10.3. The van der Waals surface area contributed by atoms with E-state index in [4.69, 9.17) is 9.47 Å². The van der Waals surface area contributed by atoms with Crippen molar-refractivity contribution in [2.45, 2.75) is 32.1 Å². The summed E-state index contributed by atoms with van der Waals surface area (Å²) in [7, 11) is 0. The van der Waals surface area contributed by atoms with Gasteiger partial charge in [-0.3, -0.25) is 0 Å². The van der Waals surface area contributed by atoms with Gasteiger partial charge in [-0.1, -0.05) is 15.9 Å². The predicted molar refractivity (Wildman–Crippen MR) is 40.6 cm³/mol.